The molecule has 0 spiro atoms. The van der Waals surface area contributed by atoms with Crippen LogP contribution in [-0.2, 0) is 11.3 Å². The number of nitro benzene ring substituents is 1. The minimum atomic E-state index is -0.324. The maximum Gasteiger partial charge on any atom is 0.292 e. The van der Waals surface area contributed by atoms with E-state index in [0.29, 0.717) is 12.2 Å². The lowest BCUT2D eigenvalue weighted by Crippen LogP contribution is -2.38. The number of nitrogens with zero attached hydrogens (tertiary/aromatic N) is 2. The summed E-state index contributed by atoms with van der Waals surface area (Å²) in [6.07, 6.45) is 2.47. The average molecular weight is 293 g/mol. The van der Waals surface area contributed by atoms with Crippen LogP contribution in [0.3, 0.4) is 0 Å². The number of hydrogen-bond acceptors (Lipinski definition) is 5. The van der Waals surface area contributed by atoms with Crippen molar-refractivity contribution in [2.24, 2.45) is 0 Å². The molecule has 0 radical (unpaired) electrons. The summed E-state index contributed by atoms with van der Waals surface area (Å²) in [6.45, 7) is 5.23. The van der Waals surface area contributed by atoms with Crippen molar-refractivity contribution in [3.8, 4) is 0 Å². The van der Waals surface area contributed by atoms with E-state index in [1.165, 1.54) is 0 Å². The van der Waals surface area contributed by atoms with Gasteiger partial charge in [-0.25, -0.2) is 0 Å². The number of nitro groups is 1. The molecule has 1 aromatic rings. The molecule has 1 unspecified atom stereocenters. The van der Waals surface area contributed by atoms with Gasteiger partial charge in [-0.05, 0) is 37.9 Å². The van der Waals surface area contributed by atoms with Crippen LogP contribution in [0.25, 0.3) is 0 Å². The van der Waals surface area contributed by atoms with Gasteiger partial charge in [0.1, 0.15) is 5.69 Å². The monoisotopic (exact) mass is 293 g/mol. The predicted octanol–water partition coefficient (Wildman–Crippen LogP) is 2.64. The van der Waals surface area contributed by atoms with E-state index in [0.717, 1.165) is 38.0 Å². The van der Waals surface area contributed by atoms with Crippen LogP contribution in [0.5, 0.6) is 0 Å². The number of piperidine rings is 1. The Morgan fingerprint density at radius 3 is 3.00 bits per heavy atom. The lowest BCUT2D eigenvalue weighted by atomic mass is 10.1. The number of methoxy groups -OCH3 is 1. The number of nitrogens with one attached hydrogen (secondary N) is 1. The van der Waals surface area contributed by atoms with Gasteiger partial charge in [0.25, 0.3) is 5.69 Å². The standard InChI is InChI=1S/C15H23N3O3/c1-3-16-14-7-6-12(9-15(14)18(19)20)10-17-8-4-5-13(11-17)21-2/h6-7,9,13,16H,3-5,8,10-11H2,1-2H3. The summed E-state index contributed by atoms with van der Waals surface area (Å²) in [5.41, 5.74) is 1.70. The van der Waals surface area contributed by atoms with Crippen LogP contribution in [0.4, 0.5) is 11.4 Å². The highest BCUT2D eigenvalue weighted by molar-refractivity contribution is 5.62. The van der Waals surface area contributed by atoms with Gasteiger partial charge in [-0.1, -0.05) is 6.07 Å². The van der Waals surface area contributed by atoms with Gasteiger partial charge >= 0.3 is 0 Å². The van der Waals surface area contributed by atoms with Crippen LogP contribution in [0.2, 0.25) is 0 Å². The van der Waals surface area contributed by atoms with Gasteiger partial charge < -0.3 is 10.1 Å². The summed E-state index contributed by atoms with van der Waals surface area (Å²) in [6, 6.07) is 5.44. The first kappa shape index (κ1) is 15.7. The van der Waals surface area contributed by atoms with Crippen molar-refractivity contribution in [1.29, 1.82) is 0 Å². The minimum Gasteiger partial charge on any atom is -0.380 e. The molecule has 0 aromatic heterocycles. The van der Waals surface area contributed by atoms with Gasteiger partial charge in [-0.15, -0.1) is 0 Å². The second-order valence-corrected chi connectivity index (χ2v) is 5.37. The Kier molecular flexibility index (Phi) is 5.52. The summed E-state index contributed by atoms with van der Waals surface area (Å²) in [4.78, 5) is 13.1. The van der Waals surface area contributed by atoms with Crippen molar-refractivity contribution in [3.63, 3.8) is 0 Å². The van der Waals surface area contributed by atoms with Crippen LogP contribution in [0, 0.1) is 10.1 Å². The Hall–Kier alpha value is -1.66. The van der Waals surface area contributed by atoms with Crippen LogP contribution in [-0.4, -0.2) is 42.7 Å². The molecule has 1 fully saturated rings. The van der Waals surface area contributed by atoms with Crippen LogP contribution in [0.1, 0.15) is 25.3 Å². The molecule has 1 heterocycles. The van der Waals surface area contributed by atoms with Crippen molar-refractivity contribution in [2.75, 3.05) is 32.1 Å². The molecular formula is C15H23N3O3. The molecule has 1 saturated heterocycles. The Labute approximate surface area is 125 Å². The smallest absolute Gasteiger partial charge is 0.292 e. The van der Waals surface area contributed by atoms with Gasteiger partial charge in [0.2, 0.25) is 0 Å². The van der Waals surface area contributed by atoms with E-state index < -0.39 is 0 Å². The molecule has 1 N–H and O–H groups in total. The second kappa shape index (κ2) is 7.38. The molecule has 21 heavy (non-hydrogen) atoms. The predicted molar refractivity (Wildman–Crippen MR) is 82.6 cm³/mol. The molecule has 1 aliphatic heterocycles. The number of rotatable bonds is 6. The fourth-order valence-corrected chi connectivity index (χ4v) is 2.77. The number of anilines is 1. The van der Waals surface area contributed by atoms with Crippen molar-refractivity contribution in [2.45, 2.75) is 32.4 Å². The van der Waals surface area contributed by atoms with Crippen molar-refractivity contribution >= 4 is 11.4 Å². The maximum absolute atomic E-state index is 11.2. The molecule has 0 saturated carbocycles. The number of benzene rings is 1. The first-order chi connectivity index (χ1) is 10.1. The summed E-state index contributed by atoms with van der Waals surface area (Å²) < 4.78 is 5.41. The fraction of sp³-hybridized carbons (Fsp3) is 0.600. The summed E-state index contributed by atoms with van der Waals surface area (Å²) in [5.74, 6) is 0. The molecule has 0 aliphatic carbocycles. The third kappa shape index (κ3) is 4.15. The normalized spacial score (nSPS) is 19.4. The highest BCUT2D eigenvalue weighted by Crippen LogP contribution is 2.26. The quantitative estimate of drug-likeness (QED) is 0.645. The number of ether oxygens (including phenoxy) is 1. The van der Waals surface area contributed by atoms with Gasteiger partial charge in [0.05, 0.1) is 11.0 Å². The number of likely N-dealkylation sites (tertiary alicyclic amines) is 1. The molecule has 1 aromatic carbocycles. The third-order valence-corrected chi connectivity index (χ3v) is 3.83. The SMILES string of the molecule is CCNc1ccc(CN2CCCC(OC)C2)cc1[N+](=O)[O-]. The molecule has 6 nitrogen and oxygen atoms in total. The van der Waals surface area contributed by atoms with Crippen LogP contribution >= 0.6 is 0 Å². The Morgan fingerprint density at radius 2 is 2.33 bits per heavy atom. The van der Waals surface area contributed by atoms with Gasteiger partial charge in [-0.2, -0.15) is 0 Å². The zero-order valence-electron chi connectivity index (χ0n) is 12.7. The van der Waals surface area contributed by atoms with Gasteiger partial charge in [0.15, 0.2) is 0 Å². The third-order valence-electron chi connectivity index (χ3n) is 3.83. The van der Waals surface area contributed by atoms with E-state index in [1.54, 1.807) is 19.2 Å². The molecule has 1 atom stereocenters. The Morgan fingerprint density at radius 1 is 1.52 bits per heavy atom. The molecular weight excluding hydrogens is 270 g/mol. The summed E-state index contributed by atoms with van der Waals surface area (Å²) >= 11 is 0. The first-order valence-corrected chi connectivity index (χ1v) is 7.40. The lowest BCUT2D eigenvalue weighted by molar-refractivity contribution is -0.384. The fourth-order valence-electron chi connectivity index (χ4n) is 2.77. The first-order valence-electron chi connectivity index (χ1n) is 7.40. The van der Waals surface area contributed by atoms with E-state index in [4.69, 9.17) is 4.74 Å². The molecule has 0 bridgehead atoms. The van der Waals surface area contributed by atoms with Crippen LogP contribution in [0.15, 0.2) is 18.2 Å². The van der Waals surface area contributed by atoms with Crippen molar-refractivity contribution < 1.29 is 9.66 Å². The topological polar surface area (TPSA) is 67.6 Å². The zero-order valence-corrected chi connectivity index (χ0v) is 12.7. The Bertz CT molecular complexity index is 493. The van der Waals surface area contributed by atoms with E-state index in [-0.39, 0.29) is 16.7 Å². The molecule has 116 valence electrons. The largest absolute Gasteiger partial charge is 0.380 e. The van der Waals surface area contributed by atoms with E-state index in [1.807, 2.05) is 13.0 Å². The van der Waals surface area contributed by atoms with Gasteiger partial charge in [0, 0.05) is 32.8 Å². The number of hydrogen-bond donors (Lipinski definition) is 1. The average Bonchev–Trinajstić information content (AvgIpc) is 2.49. The van der Waals surface area contributed by atoms with E-state index >= 15 is 0 Å². The van der Waals surface area contributed by atoms with E-state index in [2.05, 4.69) is 10.2 Å². The molecule has 1 aliphatic rings. The summed E-state index contributed by atoms with van der Waals surface area (Å²) in [7, 11) is 1.74. The zero-order chi connectivity index (χ0) is 15.2. The highest BCUT2D eigenvalue weighted by Gasteiger charge is 2.21. The molecule has 0 amide bonds. The van der Waals surface area contributed by atoms with Gasteiger partial charge in [-0.3, -0.25) is 15.0 Å². The minimum absolute atomic E-state index is 0.148. The summed E-state index contributed by atoms with van der Waals surface area (Å²) in [5, 5.41) is 14.2. The van der Waals surface area contributed by atoms with E-state index in [9.17, 15) is 10.1 Å². The second-order valence-electron chi connectivity index (χ2n) is 5.37. The van der Waals surface area contributed by atoms with Crippen molar-refractivity contribution in [1.82, 2.24) is 4.90 Å². The van der Waals surface area contributed by atoms with Crippen LogP contribution < -0.4 is 5.32 Å². The van der Waals surface area contributed by atoms with Crippen molar-refractivity contribution in [3.05, 3.63) is 33.9 Å². The molecule has 2 rings (SSSR count). The highest BCUT2D eigenvalue weighted by atomic mass is 16.6. The lowest BCUT2D eigenvalue weighted by Gasteiger charge is -2.31. The molecule has 6 heteroatoms. The Balaban J connectivity index is 2.09. The maximum atomic E-state index is 11.2.